The lowest BCUT2D eigenvalue weighted by atomic mass is 10.2. The van der Waals surface area contributed by atoms with E-state index < -0.39 is 5.97 Å². The van der Waals surface area contributed by atoms with Crippen molar-refractivity contribution in [3.8, 4) is 11.8 Å². The lowest BCUT2D eigenvalue weighted by Crippen LogP contribution is -1.99. The summed E-state index contributed by atoms with van der Waals surface area (Å²) in [6, 6.07) is 8.68. The molecule has 1 aromatic carbocycles. The summed E-state index contributed by atoms with van der Waals surface area (Å²) in [5.74, 6) is 0.438. The maximum absolute atomic E-state index is 10.9. The van der Waals surface area contributed by atoms with Crippen LogP contribution < -0.4 is 4.74 Å². The molecule has 4 heteroatoms. The van der Waals surface area contributed by atoms with E-state index in [0.717, 1.165) is 0 Å². The van der Waals surface area contributed by atoms with Crippen molar-refractivity contribution in [1.29, 1.82) is 5.26 Å². The highest BCUT2D eigenvalue weighted by Gasteiger charge is 2.00. The van der Waals surface area contributed by atoms with Gasteiger partial charge < -0.3 is 9.47 Å². The molecule has 16 heavy (non-hydrogen) atoms. The number of carbonyl (C=O) groups excluding carboxylic acids is 1. The van der Waals surface area contributed by atoms with E-state index in [2.05, 4.69) is 4.74 Å². The van der Waals surface area contributed by atoms with Gasteiger partial charge in [0.15, 0.2) is 0 Å². The van der Waals surface area contributed by atoms with Gasteiger partial charge in [0, 0.05) is 0 Å². The minimum Gasteiger partial charge on any atom is -0.466 e. The van der Waals surface area contributed by atoms with Crippen LogP contribution in [0.15, 0.2) is 36.1 Å². The van der Waals surface area contributed by atoms with E-state index in [1.807, 2.05) is 6.07 Å². The number of benzene rings is 1. The molecular formula is C12H11NO3. The summed E-state index contributed by atoms with van der Waals surface area (Å²) in [7, 11) is 1.29. The van der Waals surface area contributed by atoms with Gasteiger partial charge in [-0.2, -0.15) is 5.26 Å². The molecule has 82 valence electrons. The number of methoxy groups -OCH3 is 1. The van der Waals surface area contributed by atoms with Crippen molar-refractivity contribution in [2.45, 2.75) is 6.92 Å². The first-order valence-electron chi connectivity index (χ1n) is 4.60. The Morgan fingerprint density at radius 1 is 1.50 bits per heavy atom. The number of nitrogens with zero attached hydrogens (tertiary/aromatic N) is 1. The molecule has 0 saturated carbocycles. The van der Waals surface area contributed by atoms with E-state index in [9.17, 15) is 4.79 Å². The molecule has 0 fully saturated rings. The highest BCUT2D eigenvalue weighted by molar-refractivity contribution is 5.82. The largest absolute Gasteiger partial charge is 0.466 e. The van der Waals surface area contributed by atoms with Crippen LogP contribution in [0.5, 0.6) is 5.75 Å². The van der Waals surface area contributed by atoms with Crippen molar-refractivity contribution in [1.82, 2.24) is 0 Å². The molecule has 0 N–H and O–H groups in total. The summed E-state index contributed by atoms with van der Waals surface area (Å²) in [4.78, 5) is 10.9. The normalized spacial score (nSPS) is 10.4. The molecule has 0 heterocycles. The van der Waals surface area contributed by atoms with Gasteiger partial charge in [-0.1, -0.05) is 6.07 Å². The minimum absolute atomic E-state index is 0.405. The zero-order valence-electron chi connectivity index (χ0n) is 9.06. The highest BCUT2D eigenvalue weighted by Crippen LogP contribution is 2.15. The third kappa shape index (κ3) is 3.46. The van der Waals surface area contributed by atoms with Crippen LogP contribution in [0.4, 0.5) is 0 Å². The molecule has 0 aliphatic rings. The van der Waals surface area contributed by atoms with Crippen LogP contribution >= 0.6 is 0 Å². The average Bonchev–Trinajstić information content (AvgIpc) is 2.28. The summed E-state index contributed by atoms with van der Waals surface area (Å²) in [6.45, 7) is 1.63. The van der Waals surface area contributed by atoms with Crippen LogP contribution in [0.2, 0.25) is 0 Å². The third-order valence-corrected chi connectivity index (χ3v) is 1.76. The van der Waals surface area contributed by atoms with Crippen LogP contribution in [0.3, 0.4) is 0 Å². The fourth-order valence-corrected chi connectivity index (χ4v) is 1.07. The number of ether oxygens (including phenoxy) is 2. The molecule has 4 nitrogen and oxygen atoms in total. The molecule has 0 spiro atoms. The predicted molar refractivity (Wildman–Crippen MR) is 57.6 cm³/mol. The molecule has 0 aromatic heterocycles. The van der Waals surface area contributed by atoms with Gasteiger partial charge in [-0.15, -0.1) is 0 Å². The Bertz CT molecular complexity index is 458. The van der Waals surface area contributed by atoms with E-state index in [4.69, 9.17) is 10.00 Å². The first-order valence-corrected chi connectivity index (χ1v) is 4.60. The topological polar surface area (TPSA) is 59.3 Å². The number of allylic oxidation sites excluding steroid dienone is 1. The molecular weight excluding hydrogens is 206 g/mol. The van der Waals surface area contributed by atoms with Gasteiger partial charge in [0.25, 0.3) is 0 Å². The van der Waals surface area contributed by atoms with Crippen molar-refractivity contribution in [3.05, 3.63) is 41.7 Å². The number of rotatable bonds is 3. The van der Waals surface area contributed by atoms with E-state index in [1.165, 1.54) is 13.2 Å². The quantitative estimate of drug-likeness (QED) is 0.441. The van der Waals surface area contributed by atoms with Crippen molar-refractivity contribution in [3.63, 3.8) is 0 Å². The molecule has 0 bridgehead atoms. The molecule has 0 atom stereocenters. The van der Waals surface area contributed by atoms with Gasteiger partial charge in [-0.25, -0.2) is 4.79 Å². The van der Waals surface area contributed by atoms with E-state index in [1.54, 1.807) is 31.2 Å². The lowest BCUT2D eigenvalue weighted by Gasteiger charge is -2.05. The maximum atomic E-state index is 10.9. The van der Waals surface area contributed by atoms with Gasteiger partial charge in [0.1, 0.15) is 11.5 Å². The molecule has 1 rings (SSSR count). The molecule has 0 radical (unpaired) electrons. The van der Waals surface area contributed by atoms with Crippen molar-refractivity contribution in [2.24, 2.45) is 0 Å². The summed E-state index contributed by atoms with van der Waals surface area (Å²) >= 11 is 0. The minimum atomic E-state index is -0.478. The average molecular weight is 217 g/mol. The van der Waals surface area contributed by atoms with Crippen molar-refractivity contribution < 1.29 is 14.3 Å². The molecule has 0 unspecified atom stereocenters. The fourth-order valence-electron chi connectivity index (χ4n) is 1.07. The first kappa shape index (κ1) is 11.8. The summed E-state index contributed by atoms with van der Waals surface area (Å²) in [5, 5.41) is 8.69. The lowest BCUT2D eigenvalue weighted by molar-refractivity contribution is -0.135. The Hall–Kier alpha value is -2.28. The van der Waals surface area contributed by atoms with Gasteiger partial charge in [0.05, 0.1) is 24.8 Å². The zero-order valence-corrected chi connectivity index (χ0v) is 9.06. The van der Waals surface area contributed by atoms with Gasteiger partial charge in [0.2, 0.25) is 0 Å². The van der Waals surface area contributed by atoms with Crippen LogP contribution in [0.25, 0.3) is 0 Å². The second-order valence-electron chi connectivity index (χ2n) is 3.02. The van der Waals surface area contributed by atoms with Crippen molar-refractivity contribution >= 4 is 5.97 Å². The number of hydrogen-bond acceptors (Lipinski definition) is 4. The van der Waals surface area contributed by atoms with Gasteiger partial charge in [-0.05, 0) is 25.1 Å². The van der Waals surface area contributed by atoms with E-state index in [-0.39, 0.29) is 0 Å². The highest BCUT2D eigenvalue weighted by atomic mass is 16.5. The Morgan fingerprint density at radius 3 is 2.88 bits per heavy atom. The number of esters is 1. The monoisotopic (exact) mass is 217 g/mol. The number of carbonyl (C=O) groups is 1. The van der Waals surface area contributed by atoms with Crippen LogP contribution in [-0.4, -0.2) is 13.1 Å². The fraction of sp³-hybridized carbons (Fsp3) is 0.167. The zero-order chi connectivity index (χ0) is 12.0. The maximum Gasteiger partial charge on any atom is 0.333 e. The second-order valence-corrected chi connectivity index (χ2v) is 3.02. The molecule has 0 saturated heterocycles. The molecule has 0 aliphatic heterocycles. The van der Waals surface area contributed by atoms with E-state index >= 15 is 0 Å². The predicted octanol–water partition coefficient (Wildman–Crippen LogP) is 2.01. The Labute approximate surface area is 93.7 Å². The smallest absolute Gasteiger partial charge is 0.333 e. The summed E-state index contributed by atoms with van der Waals surface area (Å²) < 4.78 is 9.79. The number of hydrogen-bond donors (Lipinski definition) is 0. The molecule has 0 amide bonds. The Balaban J connectivity index is 2.77. The SMILES string of the molecule is COC(=O)/C=C(/C)Oc1cccc(C#N)c1. The molecule has 1 aromatic rings. The van der Waals surface area contributed by atoms with E-state index in [0.29, 0.717) is 17.1 Å². The summed E-state index contributed by atoms with van der Waals surface area (Å²) in [5.41, 5.74) is 0.503. The first-order chi connectivity index (χ1) is 7.65. The van der Waals surface area contributed by atoms with Gasteiger partial charge in [-0.3, -0.25) is 0 Å². The Kier molecular flexibility index (Phi) is 4.10. The number of nitriles is 1. The van der Waals surface area contributed by atoms with Crippen LogP contribution in [-0.2, 0) is 9.53 Å². The van der Waals surface area contributed by atoms with Crippen LogP contribution in [0.1, 0.15) is 12.5 Å². The van der Waals surface area contributed by atoms with Crippen molar-refractivity contribution in [2.75, 3.05) is 7.11 Å². The summed E-state index contributed by atoms with van der Waals surface area (Å²) in [6.07, 6.45) is 1.24. The Morgan fingerprint density at radius 2 is 2.25 bits per heavy atom. The molecule has 0 aliphatic carbocycles. The van der Waals surface area contributed by atoms with Crippen LogP contribution in [0, 0.1) is 11.3 Å². The van der Waals surface area contributed by atoms with Gasteiger partial charge >= 0.3 is 5.97 Å². The third-order valence-electron chi connectivity index (χ3n) is 1.76. The standard InChI is InChI=1S/C12H11NO3/c1-9(6-12(14)15-2)16-11-5-3-4-10(7-11)8-13/h3-7H,1-2H3/b9-6-. The second kappa shape index (κ2) is 5.56.